The largest absolute Gasteiger partial charge is 0.481 e. The molecule has 5 nitrogen and oxygen atoms in total. The average Bonchev–Trinajstić information content (AvgIpc) is 2.40. The summed E-state index contributed by atoms with van der Waals surface area (Å²) in [7, 11) is -4.00. The van der Waals surface area contributed by atoms with Crippen molar-refractivity contribution in [3.8, 4) is 0 Å². The molecular formula is C13H18O5S. The fourth-order valence-corrected chi connectivity index (χ4v) is 2.44. The van der Waals surface area contributed by atoms with E-state index in [0.717, 1.165) is 25.7 Å². The second-order valence-electron chi connectivity index (χ2n) is 4.46. The van der Waals surface area contributed by atoms with Crippen LogP contribution in [0.5, 0.6) is 0 Å². The third-order valence-electron chi connectivity index (χ3n) is 3.00. The molecule has 0 atom stereocenters. The highest BCUT2D eigenvalue weighted by atomic mass is 32.2. The van der Waals surface area contributed by atoms with E-state index in [0.29, 0.717) is 0 Å². The van der Waals surface area contributed by atoms with Crippen LogP contribution in [0.4, 0.5) is 0 Å². The van der Waals surface area contributed by atoms with Gasteiger partial charge >= 0.3 is 5.97 Å². The third-order valence-corrected chi connectivity index (χ3v) is 3.86. The Balaban J connectivity index is 0.000000191. The quantitative estimate of drug-likeness (QED) is 0.815. The maximum atomic E-state index is 10.4. The van der Waals surface area contributed by atoms with E-state index in [2.05, 4.69) is 0 Å². The van der Waals surface area contributed by atoms with Crippen molar-refractivity contribution in [1.29, 1.82) is 0 Å². The maximum absolute atomic E-state index is 10.4. The molecule has 1 fully saturated rings. The van der Waals surface area contributed by atoms with Gasteiger partial charge in [-0.3, -0.25) is 9.35 Å². The first kappa shape index (κ1) is 15.7. The van der Waals surface area contributed by atoms with Gasteiger partial charge in [-0.1, -0.05) is 37.5 Å². The Kier molecular flexibility index (Phi) is 5.98. The number of carbonyl (C=O) groups is 1. The summed E-state index contributed by atoms with van der Waals surface area (Å²) in [4.78, 5) is 10.3. The summed E-state index contributed by atoms with van der Waals surface area (Å²) in [6.07, 6.45) is 5.24. The molecule has 1 aliphatic carbocycles. The lowest BCUT2D eigenvalue weighted by Gasteiger charge is -2.16. The van der Waals surface area contributed by atoms with Crippen molar-refractivity contribution >= 4 is 16.1 Å². The highest BCUT2D eigenvalue weighted by Crippen LogP contribution is 2.23. The second kappa shape index (κ2) is 7.25. The molecule has 2 N–H and O–H groups in total. The lowest BCUT2D eigenvalue weighted by atomic mass is 9.90. The van der Waals surface area contributed by atoms with Gasteiger partial charge in [0.1, 0.15) is 0 Å². The summed E-state index contributed by atoms with van der Waals surface area (Å²) >= 11 is 0. The van der Waals surface area contributed by atoms with E-state index in [1.807, 2.05) is 0 Å². The van der Waals surface area contributed by atoms with Gasteiger partial charge in [-0.15, -0.1) is 0 Å². The summed E-state index contributed by atoms with van der Waals surface area (Å²) in [5.41, 5.74) is 0. The predicted molar refractivity (Wildman–Crippen MR) is 70.5 cm³/mol. The molecule has 19 heavy (non-hydrogen) atoms. The standard InChI is InChI=1S/C7H12O2.C6H6O3S/c8-7(9)6-4-2-1-3-5-6;7-10(8,9)6-4-2-1-3-5-6/h6H,1-5H2,(H,8,9);1-5H,(H,7,8,9). The van der Waals surface area contributed by atoms with E-state index in [9.17, 15) is 13.2 Å². The molecule has 1 aromatic rings. The molecule has 0 aromatic heterocycles. The van der Waals surface area contributed by atoms with Gasteiger partial charge in [-0.25, -0.2) is 0 Å². The SMILES string of the molecule is O=C(O)C1CCCCC1.O=S(=O)(O)c1ccccc1. The Morgan fingerprint density at radius 3 is 1.89 bits per heavy atom. The number of rotatable bonds is 2. The van der Waals surface area contributed by atoms with Crippen LogP contribution in [0.15, 0.2) is 35.2 Å². The van der Waals surface area contributed by atoms with Gasteiger partial charge in [-0.2, -0.15) is 8.42 Å². The minimum atomic E-state index is -4.00. The topological polar surface area (TPSA) is 91.7 Å². The van der Waals surface area contributed by atoms with Crippen molar-refractivity contribution in [3.63, 3.8) is 0 Å². The van der Waals surface area contributed by atoms with Crippen molar-refractivity contribution in [2.45, 2.75) is 37.0 Å². The Bertz CT molecular complexity index is 489. The van der Waals surface area contributed by atoms with Crippen LogP contribution in [0.25, 0.3) is 0 Å². The number of aliphatic carboxylic acids is 1. The lowest BCUT2D eigenvalue weighted by molar-refractivity contribution is -0.142. The molecule has 106 valence electrons. The highest BCUT2D eigenvalue weighted by Gasteiger charge is 2.19. The molecule has 0 heterocycles. The second-order valence-corrected chi connectivity index (χ2v) is 5.88. The van der Waals surface area contributed by atoms with E-state index in [4.69, 9.17) is 9.66 Å². The normalized spacial score (nSPS) is 16.3. The van der Waals surface area contributed by atoms with Gasteiger partial charge in [0.2, 0.25) is 0 Å². The summed E-state index contributed by atoms with van der Waals surface area (Å²) in [6, 6.07) is 7.42. The first-order valence-electron chi connectivity index (χ1n) is 6.16. The zero-order valence-electron chi connectivity index (χ0n) is 10.5. The summed E-state index contributed by atoms with van der Waals surface area (Å²) in [6.45, 7) is 0. The molecule has 1 aromatic carbocycles. The highest BCUT2D eigenvalue weighted by molar-refractivity contribution is 7.85. The van der Waals surface area contributed by atoms with Crippen LogP contribution in [-0.4, -0.2) is 24.0 Å². The smallest absolute Gasteiger partial charge is 0.306 e. The van der Waals surface area contributed by atoms with E-state index in [-0.39, 0.29) is 10.8 Å². The third kappa shape index (κ3) is 5.85. The number of benzene rings is 1. The summed E-state index contributed by atoms with van der Waals surface area (Å²) in [5.74, 6) is -0.631. The predicted octanol–water partition coefficient (Wildman–Crippen LogP) is 2.58. The Morgan fingerprint density at radius 1 is 1.05 bits per heavy atom. The molecule has 0 spiro atoms. The van der Waals surface area contributed by atoms with Crippen molar-refractivity contribution in [2.24, 2.45) is 5.92 Å². The minimum absolute atomic E-state index is 0.0289. The fourth-order valence-electron chi connectivity index (χ4n) is 1.94. The number of carboxylic acids is 1. The monoisotopic (exact) mass is 286 g/mol. The van der Waals surface area contributed by atoms with E-state index < -0.39 is 16.1 Å². The van der Waals surface area contributed by atoms with E-state index in [1.165, 1.54) is 18.6 Å². The molecular weight excluding hydrogens is 268 g/mol. The average molecular weight is 286 g/mol. The zero-order chi connectivity index (χ0) is 14.3. The summed E-state index contributed by atoms with van der Waals surface area (Å²) < 4.78 is 29.2. The van der Waals surface area contributed by atoms with Crippen LogP contribution in [0, 0.1) is 5.92 Å². The van der Waals surface area contributed by atoms with E-state index in [1.54, 1.807) is 18.2 Å². The minimum Gasteiger partial charge on any atom is -0.481 e. The molecule has 0 unspecified atom stereocenters. The van der Waals surface area contributed by atoms with E-state index >= 15 is 0 Å². The molecule has 0 aliphatic heterocycles. The van der Waals surface area contributed by atoms with Crippen LogP contribution in [0.2, 0.25) is 0 Å². The van der Waals surface area contributed by atoms with Gasteiger partial charge in [0.15, 0.2) is 0 Å². The number of hydrogen-bond acceptors (Lipinski definition) is 3. The van der Waals surface area contributed by atoms with Gasteiger partial charge < -0.3 is 5.11 Å². The molecule has 0 amide bonds. The molecule has 0 radical (unpaired) electrons. The molecule has 1 aliphatic rings. The zero-order valence-corrected chi connectivity index (χ0v) is 11.3. The van der Waals surface area contributed by atoms with Gasteiger partial charge in [0.05, 0.1) is 10.8 Å². The first-order chi connectivity index (χ1) is 8.91. The van der Waals surface area contributed by atoms with Crippen LogP contribution in [0.1, 0.15) is 32.1 Å². The molecule has 2 rings (SSSR count). The van der Waals surface area contributed by atoms with Gasteiger partial charge in [0.25, 0.3) is 10.1 Å². The Labute approximate surface area is 113 Å². The van der Waals surface area contributed by atoms with Crippen LogP contribution >= 0.6 is 0 Å². The van der Waals surface area contributed by atoms with Crippen molar-refractivity contribution < 1.29 is 22.9 Å². The molecule has 0 saturated heterocycles. The molecule has 6 heteroatoms. The van der Waals surface area contributed by atoms with Crippen molar-refractivity contribution in [2.75, 3.05) is 0 Å². The van der Waals surface area contributed by atoms with Crippen LogP contribution in [-0.2, 0) is 14.9 Å². The first-order valence-corrected chi connectivity index (χ1v) is 7.60. The number of hydrogen-bond donors (Lipinski definition) is 2. The van der Waals surface area contributed by atoms with Crippen molar-refractivity contribution in [3.05, 3.63) is 30.3 Å². The maximum Gasteiger partial charge on any atom is 0.306 e. The molecule has 1 saturated carbocycles. The van der Waals surface area contributed by atoms with Gasteiger partial charge in [-0.05, 0) is 25.0 Å². The van der Waals surface area contributed by atoms with Crippen LogP contribution in [0.3, 0.4) is 0 Å². The Hall–Kier alpha value is -1.40. The van der Waals surface area contributed by atoms with Crippen LogP contribution < -0.4 is 0 Å². The fraction of sp³-hybridized carbons (Fsp3) is 0.462. The Morgan fingerprint density at radius 2 is 1.58 bits per heavy atom. The number of carboxylic acid groups (broad SMARTS) is 1. The molecule has 0 bridgehead atoms. The van der Waals surface area contributed by atoms with Gasteiger partial charge in [0, 0.05) is 0 Å². The lowest BCUT2D eigenvalue weighted by Crippen LogP contribution is -2.16. The summed E-state index contributed by atoms with van der Waals surface area (Å²) in [5, 5.41) is 8.54. The van der Waals surface area contributed by atoms with Crippen molar-refractivity contribution in [1.82, 2.24) is 0 Å².